The Balaban J connectivity index is 1.57. The first-order valence-corrected chi connectivity index (χ1v) is 8.82. The van der Waals surface area contributed by atoms with Gasteiger partial charge in [0.05, 0.1) is 17.0 Å². The van der Waals surface area contributed by atoms with Gasteiger partial charge in [-0.05, 0) is 69.5 Å². The molecule has 1 N–H and O–H groups in total. The maximum Gasteiger partial charge on any atom is 0.307 e. The zero-order valence-electron chi connectivity index (χ0n) is 13.5. The predicted octanol–water partition coefficient (Wildman–Crippen LogP) is 5.04. The summed E-state index contributed by atoms with van der Waals surface area (Å²) in [5.41, 5.74) is 4.22. The van der Waals surface area contributed by atoms with Crippen LogP contribution in [0, 0.1) is 0 Å². The Labute approximate surface area is 163 Å². The first kappa shape index (κ1) is 18.2. The topological polar surface area (TPSA) is 63.8 Å². The molecule has 0 radical (unpaired) electrons. The van der Waals surface area contributed by atoms with Crippen molar-refractivity contribution in [2.45, 2.75) is 6.61 Å². The number of hydrogen-bond acceptors (Lipinski definition) is 4. The van der Waals surface area contributed by atoms with Crippen molar-refractivity contribution in [3.05, 3.63) is 87.2 Å². The molecule has 5 nitrogen and oxygen atoms in total. The first-order chi connectivity index (χ1) is 12.6. The fraction of sp³-hybridized carbons (Fsp3) is 0.0526. The average Bonchev–Trinajstić information content (AvgIpc) is 3.17. The first-order valence-electron chi connectivity index (χ1n) is 7.65. The second-order valence-electron chi connectivity index (χ2n) is 5.28. The third kappa shape index (κ3) is 4.97. The Hall–Kier alpha value is -2.57. The summed E-state index contributed by atoms with van der Waals surface area (Å²) in [6.07, 6.45) is 2.97. The van der Waals surface area contributed by atoms with E-state index < -0.39 is 5.91 Å². The van der Waals surface area contributed by atoms with Crippen LogP contribution in [0.25, 0.3) is 0 Å². The largest absolute Gasteiger partial charge is 0.488 e. The van der Waals surface area contributed by atoms with E-state index in [2.05, 4.69) is 26.5 Å². The molecule has 3 aromatic rings. The molecule has 0 saturated heterocycles. The van der Waals surface area contributed by atoms with Crippen molar-refractivity contribution >= 4 is 39.7 Å². The molecule has 2 aromatic carbocycles. The highest BCUT2D eigenvalue weighted by Gasteiger charge is 2.06. The number of hydrazone groups is 1. The zero-order valence-corrected chi connectivity index (χ0v) is 15.8. The second-order valence-corrected chi connectivity index (χ2v) is 6.57. The van der Waals surface area contributed by atoms with Crippen molar-refractivity contribution in [3.63, 3.8) is 0 Å². The van der Waals surface area contributed by atoms with Crippen LogP contribution in [0.15, 0.2) is 74.9 Å². The van der Waals surface area contributed by atoms with Gasteiger partial charge in [-0.1, -0.05) is 23.7 Å². The summed E-state index contributed by atoms with van der Waals surface area (Å²) in [6.45, 7) is 0.433. The van der Waals surface area contributed by atoms with Crippen molar-refractivity contribution in [2.75, 3.05) is 0 Å². The summed E-state index contributed by atoms with van der Waals surface area (Å²) in [7, 11) is 0. The van der Waals surface area contributed by atoms with Crippen molar-refractivity contribution in [1.82, 2.24) is 5.43 Å². The number of nitrogens with one attached hydrogen (secondary N) is 1. The number of carbonyl (C=O) groups is 1. The smallest absolute Gasteiger partial charge is 0.307 e. The van der Waals surface area contributed by atoms with E-state index in [1.165, 1.54) is 12.5 Å². The van der Waals surface area contributed by atoms with Crippen LogP contribution in [0.4, 0.5) is 0 Å². The molecule has 0 atom stereocenters. The molecule has 0 aliphatic heterocycles. The van der Waals surface area contributed by atoms with E-state index in [1.54, 1.807) is 12.1 Å². The number of nitrogens with zero attached hydrogens (tertiary/aromatic N) is 1. The van der Waals surface area contributed by atoms with E-state index in [9.17, 15) is 4.79 Å². The molecule has 0 saturated carbocycles. The van der Waals surface area contributed by atoms with E-state index in [1.807, 2.05) is 42.5 Å². The highest BCUT2D eigenvalue weighted by atomic mass is 79.9. The van der Waals surface area contributed by atoms with Crippen molar-refractivity contribution in [3.8, 4) is 5.75 Å². The molecule has 3 rings (SSSR count). The molecule has 1 aromatic heterocycles. The van der Waals surface area contributed by atoms with Gasteiger partial charge in [-0.25, -0.2) is 5.43 Å². The summed E-state index contributed by atoms with van der Waals surface area (Å²) >= 11 is 9.34. The van der Waals surface area contributed by atoms with Gasteiger partial charge in [0.25, 0.3) is 0 Å². The van der Waals surface area contributed by atoms with Gasteiger partial charge in [0.2, 0.25) is 0 Å². The number of benzene rings is 2. The van der Waals surface area contributed by atoms with Gasteiger partial charge in [-0.2, -0.15) is 5.10 Å². The summed E-state index contributed by atoms with van der Waals surface area (Å²) in [5.74, 6) is 0.499. The number of carbonyl (C=O) groups excluding carboxylic acids is 1. The average molecular weight is 434 g/mol. The van der Waals surface area contributed by atoms with E-state index >= 15 is 0 Å². The lowest BCUT2D eigenvalue weighted by molar-refractivity contribution is 0.0927. The Morgan fingerprint density at radius 3 is 2.73 bits per heavy atom. The number of ether oxygens (including phenoxy) is 1. The Morgan fingerprint density at radius 2 is 2.04 bits per heavy atom. The second kappa shape index (κ2) is 8.69. The molecule has 26 heavy (non-hydrogen) atoms. The van der Waals surface area contributed by atoms with E-state index in [-0.39, 0.29) is 5.76 Å². The molecule has 0 unspecified atom stereocenters. The third-order valence-electron chi connectivity index (χ3n) is 3.39. The number of amides is 1. The minimum absolute atomic E-state index is 0.203. The third-order valence-corrected chi connectivity index (χ3v) is 4.26. The molecule has 0 spiro atoms. The molecular formula is C19H14BrClN2O3. The number of hydrogen-bond donors (Lipinski definition) is 1. The quantitative estimate of drug-likeness (QED) is 0.437. The van der Waals surface area contributed by atoms with Crippen LogP contribution in [-0.4, -0.2) is 12.1 Å². The van der Waals surface area contributed by atoms with Gasteiger partial charge in [-0.3, -0.25) is 4.79 Å². The predicted molar refractivity (Wildman–Crippen MR) is 104 cm³/mol. The zero-order chi connectivity index (χ0) is 18.4. The maximum absolute atomic E-state index is 11.7. The Morgan fingerprint density at radius 1 is 1.23 bits per heavy atom. The fourth-order valence-corrected chi connectivity index (χ4v) is 2.72. The molecule has 7 heteroatoms. The van der Waals surface area contributed by atoms with Crippen molar-refractivity contribution < 1.29 is 13.9 Å². The summed E-state index contributed by atoms with van der Waals surface area (Å²) in [4.78, 5) is 11.7. The fourth-order valence-electron chi connectivity index (χ4n) is 2.08. The number of rotatable bonds is 6. The van der Waals surface area contributed by atoms with Crippen LogP contribution in [0.2, 0.25) is 5.02 Å². The van der Waals surface area contributed by atoms with Crippen LogP contribution in [0.5, 0.6) is 5.75 Å². The standard InChI is InChI=1S/C19H14BrClN2O3/c20-16-10-14(11-22-23-19(24)18-2-1-9-25-18)5-8-17(16)26-12-13-3-6-15(21)7-4-13/h1-11H,12H2,(H,23,24)/b22-11-. The van der Waals surface area contributed by atoms with Gasteiger partial charge in [0, 0.05) is 5.02 Å². The van der Waals surface area contributed by atoms with Crippen LogP contribution in [-0.2, 0) is 6.61 Å². The van der Waals surface area contributed by atoms with E-state index in [0.29, 0.717) is 17.4 Å². The number of furan rings is 1. The summed E-state index contributed by atoms with van der Waals surface area (Å²) in [5, 5.41) is 4.60. The molecular weight excluding hydrogens is 420 g/mol. The van der Waals surface area contributed by atoms with Gasteiger partial charge >= 0.3 is 5.91 Å². The lowest BCUT2D eigenvalue weighted by Gasteiger charge is -2.09. The van der Waals surface area contributed by atoms with Crippen LogP contribution >= 0.6 is 27.5 Å². The number of halogens is 2. The minimum Gasteiger partial charge on any atom is -0.488 e. The van der Waals surface area contributed by atoms with Crippen molar-refractivity contribution in [1.29, 1.82) is 0 Å². The molecule has 1 heterocycles. The highest BCUT2D eigenvalue weighted by Crippen LogP contribution is 2.26. The van der Waals surface area contributed by atoms with Gasteiger partial charge < -0.3 is 9.15 Å². The lowest BCUT2D eigenvalue weighted by Crippen LogP contribution is -2.16. The molecule has 0 bridgehead atoms. The highest BCUT2D eigenvalue weighted by molar-refractivity contribution is 9.10. The Bertz CT molecular complexity index is 909. The molecule has 1 amide bonds. The van der Waals surface area contributed by atoms with Gasteiger partial charge in [0.1, 0.15) is 12.4 Å². The lowest BCUT2D eigenvalue weighted by atomic mass is 10.2. The monoisotopic (exact) mass is 432 g/mol. The van der Waals surface area contributed by atoms with Crippen LogP contribution in [0.1, 0.15) is 21.7 Å². The van der Waals surface area contributed by atoms with Gasteiger partial charge in [-0.15, -0.1) is 0 Å². The van der Waals surface area contributed by atoms with Crippen LogP contribution < -0.4 is 10.2 Å². The van der Waals surface area contributed by atoms with E-state index in [0.717, 1.165) is 15.6 Å². The summed E-state index contributed by atoms with van der Waals surface area (Å²) in [6, 6.07) is 16.2. The molecule has 0 aliphatic rings. The minimum atomic E-state index is -0.409. The van der Waals surface area contributed by atoms with Gasteiger partial charge in [0.15, 0.2) is 5.76 Å². The Kier molecular flexibility index (Phi) is 6.09. The normalized spacial score (nSPS) is 10.8. The van der Waals surface area contributed by atoms with E-state index in [4.69, 9.17) is 20.8 Å². The van der Waals surface area contributed by atoms with Crippen molar-refractivity contribution in [2.24, 2.45) is 5.10 Å². The molecule has 0 fully saturated rings. The maximum atomic E-state index is 11.7. The molecule has 132 valence electrons. The summed E-state index contributed by atoms with van der Waals surface area (Å²) < 4.78 is 11.6. The SMILES string of the molecule is O=C(N/N=C\c1ccc(OCc2ccc(Cl)cc2)c(Br)c1)c1ccco1. The van der Waals surface area contributed by atoms with Crippen LogP contribution in [0.3, 0.4) is 0 Å². The molecule has 0 aliphatic carbocycles.